The molecule has 0 amide bonds. The van der Waals surface area contributed by atoms with E-state index in [0.717, 1.165) is 19.3 Å². The molecular weight excluding hydrogens is 229 g/mol. The zero-order valence-electron chi connectivity index (χ0n) is 10.3. The van der Waals surface area contributed by atoms with E-state index in [1.807, 2.05) is 0 Å². The number of hydrogen-bond acceptors (Lipinski definition) is 2. The third-order valence-electron chi connectivity index (χ3n) is 4.01. The first kappa shape index (κ1) is 14.3. The Kier molecular flexibility index (Phi) is 4.42. The molecular formula is C12H19F3N2. The third kappa shape index (κ3) is 3.35. The van der Waals surface area contributed by atoms with Crippen molar-refractivity contribution in [2.45, 2.75) is 39.3 Å². The molecule has 0 saturated carbocycles. The first-order valence-corrected chi connectivity index (χ1v) is 6.05. The number of rotatable bonds is 4. The fourth-order valence-electron chi connectivity index (χ4n) is 2.49. The van der Waals surface area contributed by atoms with Gasteiger partial charge < -0.3 is 4.90 Å². The average Bonchev–Trinajstić information content (AvgIpc) is 2.68. The van der Waals surface area contributed by atoms with Gasteiger partial charge in [0.1, 0.15) is 0 Å². The van der Waals surface area contributed by atoms with Gasteiger partial charge in [0.05, 0.1) is 6.07 Å². The van der Waals surface area contributed by atoms with Gasteiger partial charge in [-0.25, -0.2) is 0 Å². The maximum atomic E-state index is 12.5. The van der Waals surface area contributed by atoms with E-state index < -0.39 is 12.1 Å². The molecule has 1 aliphatic rings. The highest BCUT2D eigenvalue weighted by Gasteiger charge is 2.43. The number of nitriles is 1. The second kappa shape index (κ2) is 5.26. The van der Waals surface area contributed by atoms with Crippen molar-refractivity contribution in [1.29, 1.82) is 5.26 Å². The molecule has 1 aliphatic heterocycles. The van der Waals surface area contributed by atoms with Crippen LogP contribution in [0.2, 0.25) is 0 Å². The van der Waals surface area contributed by atoms with Crippen LogP contribution >= 0.6 is 0 Å². The van der Waals surface area contributed by atoms with Crippen LogP contribution in [0.1, 0.15) is 33.1 Å². The van der Waals surface area contributed by atoms with E-state index >= 15 is 0 Å². The Bertz CT molecular complexity index is 289. The number of hydrogen-bond donors (Lipinski definition) is 0. The van der Waals surface area contributed by atoms with E-state index in [1.54, 1.807) is 4.90 Å². The van der Waals surface area contributed by atoms with Gasteiger partial charge in [-0.15, -0.1) is 0 Å². The zero-order chi connectivity index (χ0) is 13.1. The Hall–Kier alpha value is -0.760. The molecule has 1 unspecified atom stereocenters. The van der Waals surface area contributed by atoms with Crippen LogP contribution in [0.15, 0.2) is 0 Å². The van der Waals surface area contributed by atoms with Gasteiger partial charge in [-0.3, -0.25) is 0 Å². The number of alkyl halides is 3. The second-order valence-electron chi connectivity index (χ2n) is 4.92. The summed E-state index contributed by atoms with van der Waals surface area (Å²) >= 11 is 0. The van der Waals surface area contributed by atoms with Crippen LogP contribution < -0.4 is 0 Å². The summed E-state index contributed by atoms with van der Waals surface area (Å²) in [6.45, 7) is 5.35. The van der Waals surface area contributed by atoms with Gasteiger partial charge in [-0.1, -0.05) is 13.8 Å². The van der Waals surface area contributed by atoms with Crippen molar-refractivity contribution in [1.82, 2.24) is 4.90 Å². The van der Waals surface area contributed by atoms with Crippen LogP contribution in [-0.2, 0) is 0 Å². The van der Waals surface area contributed by atoms with E-state index in [9.17, 15) is 13.2 Å². The van der Waals surface area contributed by atoms with Crippen molar-refractivity contribution in [3.63, 3.8) is 0 Å². The van der Waals surface area contributed by atoms with Crippen LogP contribution in [0.3, 0.4) is 0 Å². The lowest BCUT2D eigenvalue weighted by atomic mass is 9.82. The molecule has 1 saturated heterocycles. The van der Waals surface area contributed by atoms with Crippen molar-refractivity contribution in [2.75, 3.05) is 19.6 Å². The van der Waals surface area contributed by atoms with Gasteiger partial charge in [0.25, 0.3) is 0 Å². The van der Waals surface area contributed by atoms with Crippen molar-refractivity contribution in [3.8, 4) is 6.07 Å². The van der Waals surface area contributed by atoms with Crippen LogP contribution in [0, 0.1) is 22.7 Å². The van der Waals surface area contributed by atoms with Crippen molar-refractivity contribution in [3.05, 3.63) is 0 Å². The van der Waals surface area contributed by atoms with Gasteiger partial charge in [0.15, 0.2) is 5.92 Å². The summed E-state index contributed by atoms with van der Waals surface area (Å²) in [5, 5.41) is 8.57. The largest absolute Gasteiger partial charge is 0.405 e. The molecule has 0 aromatic rings. The number of nitrogens with zero attached hydrogens (tertiary/aromatic N) is 2. The Morgan fingerprint density at radius 3 is 2.29 bits per heavy atom. The lowest BCUT2D eigenvalue weighted by molar-refractivity contribution is -0.162. The lowest BCUT2D eigenvalue weighted by Gasteiger charge is -2.27. The predicted molar refractivity (Wildman–Crippen MR) is 59.2 cm³/mol. The van der Waals surface area contributed by atoms with Crippen molar-refractivity contribution >= 4 is 0 Å². The van der Waals surface area contributed by atoms with Gasteiger partial charge in [0, 0.05) is 13.1 Å². The highest BCUT2D eigenvalue weighted by atomic mass is 19.4. The molecule has 0 spiro atoms. The first-order chi connectivity index (χ1) is 7.87. The highest BCUT2D eigenvalue weighted by Crippen LogP contribution is 2.38. The molecule has 1 fully saturated rings. The lowest BCUT2D eigenvalue weighted by Crippen LogP contribution is -2.36. The summed E-state index contributed by atoms with van der Waals surface area (Å²) in [5.41, 5.74) is 0.158. The van der Waals surface area contributed by atoms with Gasteiger partial charge in [-0.2, -0.15) is 18.4 Å². The Labute approximate surface area is 100 Å². The quantitative estimate of drug-likeness (QED) is 0.764. The summed E-state index contributed by atoms with van der Waals surface area (Å²) in [6, 6.07) is 1.37. The monoisotopic (exact) mass is 248 g/mol. The molecule has 0 N–H and O–H groups in total. The van der Waals surface area contributed by atoms with E-state index in [0.29, 0.717) is 13.1 Å². The standard InChI is InChI=1S/C12H19F3N2/c1-3-11(4-2)5-6-17(9-11)8-10(7-16)12(13,14)15/h10H,3-6,8-9H2,1-2H3. The normalized spacial score (nSPS) is 22.4. The fraction of sp³-hybridized carbons (Fsp3) is 0.917. The summed E-state index contributed by atoms with van der Waals surface area (Å²) in [7, 11) is 0. The fourth-order valence-corrected chi connectivity index (χ4v) is 2.49. The Balaban J connectivity index is 2.59. The summed E-state index contributed by atoms with van der Waals surface area (Å²) in [5.74, 6) is -1.85. The highest BCUT2D eigenvalue weighted by molar-refractivity contribution is 4.95. The number of likely N-dealkylation sites (tertiary alicyclic amines) is 1. The summed E-state index contributed by atoms with van der Waals surface area (Å²) < 4.78 is 37.4. The molecule has 0 radical (unpaired) electrons. The SMILES string of the molecule is CCC1(CC)CCN(CC(C#N)C(F)(F)F)C1. The zero-order valence-corrected chi connectivity index (χ0v) is 10.3. The van der Waals surface area contributed by atoms with E-state index in [4.69, 9.17) is 5.26 Å². The van der Waals surface area contributed by atoms with Crippen molar-refractivity contribution < 1.29 is 13.2 Å². The van der Waals surface area contributed by atoms with Gasteiger partial charge in [-0.05, 0) is 31.2 Å². The molecule has 2 nitrogen and oxygen atoms in total. The Morgan fingerprint density at radius 1 is 1.35 bits per heavy atom. The van der Waals surface area contributed by atoms with Crippen LogP contribution in [-0.4, -0.2) is 30.7 Å². The maximum absolute atomic E-state index is 12.5. The van der Waals surface area contributed by atoms with Gasteiger partial charge >= 0.3 is 6.18 Å². The number of halogens is 3. The Morgan fingerprint density at radius 2 is 1.94 bits per heavy atom. The summed E-state index contributed by atoms with van der Waals surface area (Å²) in [6.07, 6.45) is -1.49. The topological polar surface area (TPSA) is 27.0 Å². The molecule has 98 valence electrons. The van der Waals surface area contributed by atoms with Crippen LogP contribution in [0.4, 0.5) is 13.2 Å². The minimum absolute atomic E-state index is 0.158. The molecule has 0 bridgehead atoms. The maximum Gasteiger partial charge on any atom is 0.405 e. The van der Waals surface area contributed by atoms with Crippen LogP contribution in [0.25, 0.3) is 0 Å². The molecule has 1 rings (SSSR count). The van der Waals surface area contributed by atoms with E-state index in [1.165, 1.54) is 6.07 Å². The molecule has 0 aromatic carbocycles. The molecule has 0 aliphatic carbocycles. The molecule has 17 heavy (non-hydrogen) atoms. The van der Waals surface area contributed by atoms with E-state index in [-0.39, 0.29) is 12.0 Å². The van der Waals surface area contributed by atoms with Gasteiger partial charge in [0.2, 0.25) is 0 Å². The summed E-state index contributed by atoms with van der Waals surface area (Å²) in [4.78, 5) is 1.79. The van der Waals surface area contributed by atoms with Crippen LogP contribution in [0.5, 0.6) is 0 Å². The first-order valence-electron chi connectivity index (χ1n) is 6.05. The minimum atomic E-state index is -4.40. The second-order valence-corrected chi connectivity index (χ2v) is 4.92. The smallest absolute Gasteiger partial charge is 0.301 e. The molecule has 5 heteroatoms. The van der Waals surface area contributed by atoms with Crippen molar-refractivity contribution in [2.24, 2.45) is 11.3 Å². The molecule has 1 heterocycles. The third-order valence-corrected chi connectivity index (χ3v) is 4.01. The minimum Gasteiger partial charge on any atom is -0.301 e. The predicted octanol–water partition coefficient (Wildman–Crippen LogP) is 3.20. The van der Waals surface area contributed by atoms with E-state index in [2.05, 4.69) is 13.8 Å². The average molecular weight is 248 g/mol. The molecule has 0 aromatic heterocycles. The molecule has 1 atom stereocenters.